The van der Waals surface area contributed by atoms with E-state index in [9.17, 15) is 0 Å². The molecular weight excluding hydrogens is 254 g/mol. The van der Waals surface area contributed by atoms with Crippen LogP contribution < -0.4 is 17.3 Å². The summed E-state index contributed by atoms with van der Waals surface area (Å²) in [7, 11) is 1.92. The number of oxime groups is 1. The molecule has 18 heavy (non-hydrogen) atoms. The van der Waals surface area contributed by atoms with Gasteiger partial charge in [0.05, 0.1) is 6.20 Å². The Morgan fingerprint density at radius 2 is 2.44 bits per heavy atom. The van der Waals surface area contributed by atoms with Crippen molar-refractivity contribution in [2.75, 3.05) is 13.8 Å². The first-order valence-electron chi connectivity index (χ1n) is 5.74. The predicted octanol–water partition coefficient (Wildman–Crippen LogP) is -3.15. The molecule has 0 saturated heterocycles. The van der Waals surface area contributed by atoms with Crippen LogP contribution in [0.15, 0.2) is 17.6 Å². The zero-order valence-corrected chi connectivity index (χ0v) is 11.5. The number of nitrogens with one attached hydrogen (secondary N) is 1. The average Bonchev–Trinajstić information content (AvgIpc) is 2.67. The van der Waals surface area contributed by atoms with Crippen LogP contribution in [0.2, 0.25) is 0 Å². The van der Waals surface area contributed by atoms with Gasteiger partial charge in [-0.05, 0) is 6.42 Å². The molecule has 0 aromatic rings. The van der Waals surface area contributed by atoms with Crippen molar-refractivity contribution in [1.29, 1.82) is 0 Å². The Morgan fingerprint density at radius 3 is 3.00 bits per heavy atom. The van der Waals surface area contributed by atoms with E-state index in [1.54, 1.807) is 0 Å². The van der Waals surface area contributed by atoms with Crippen LogP contribution in [0.5, 0.6) is 0 Å². The molecule has 0 aromatic carbocycles. The molecule has 3 unspecified atom stereocenters. The van der Waals surface area contributed by atoms with Gasteiger partial charge in [0, 0.05) is 7.05 Å². The van der Waals surface area contributed by atoms with Gasteiger partial charge in [-0.3, -0.25) is 4.90 Å². The SMILES string of the molecule is C#CC(CCC)OC[NH+]1C=CN(C)C1/C=N\O.[Cl-]. The molecule has 0 aromatic heterocycles. The van der Waals surface area contributed by atoms with Gasteiger partial charge < -0.3 is 27.3 Å². The van der Waals surface area contributed by atoms with E-state index in [-0.39, 0.29) is 24.7 Å². The monoisotopic (exact) mass is 273 g/mol. The van der Waals surface area contributed by atoms with Gasteiger partial charge in [0.1, 0.15) is 18.5 Å². The van der Waals surface area contributed by atoms with Gasteiger partial charge in [0.2, 0.25) is 6.17 Å². The average molecular weight is 274 g/mol. The Kier molecular flexibility index (Phi) is 8.21. The van der Waals surface area contributed by atoms with Crippen molar-refractivity contribution in [3.8, 4) is 12.3 Å². The Balaban J connectivity index is 0.00000289. The fourth-order valence-electron chi connectivity index (χ4n) is 1.74. The van der Waals surface area contributed by atoms with Crippen LogP contribution in [0.3, 0.4) is 0 Å². The third-order valence-corrected chi connectivity index (χ3v) is 2.74. The minimum Gasteiger partial charge on any atom is -1.00 e. The normalized spacial score (nSPS) is 23.9. The standard InChI is InChI=1S/C12H19N3O2.ClH/c1-4-6-11(5-2)17-10-15-8-7-14(3)12(15)9-13-16;/h2,7-9,11-12,16H,4,6,10H2,1,3H3;1H/b13-9-;. The van der Waals surface area contributed by atoms with Gasteiger partial charge in [-0.15, -0.1) is 6.42 Å². The van der Waals surface area contributed by atoms with Crippen molar-refractivity contribution < 1.29 is 27.3 Å². The van der Waals surface area contributed by atoms with E-state index < -0.39 is 0 Å². The quantitative estimate of drug-likeness (QED) is 0.233. The Labute approximate surface area is 114 Å². The second-order valence-electron chi connectivity index (χ2n) is 4.02. The van der Waals surface area contributed by atoms with Crippen LogP contribution in [-0.2, 0) is 4.74 Å². The predicted molar refractivity (Wildman–Crippen MR) is 65.4 cm³/mol. The highest BCUT2D eigenvalue weighted by Gasteiger charge is 2.27. The first kappa shape index (κ1) is 16.8. The van der Waals surface area contributed by atoms with Gasteiger partial charge in [0.15, 0.2) is 6.73 Å². The van der Waals surface area contributed by atoms with Crippen molar-refractivity contribution in [3.05, 3.63) is 12.4 Å². The minimum absolute atomic E-state index is 0. The molecule has 0 radical (unpaired) electrons. The molecule has 1 rings (SSSR count). The molecular formula is C12H20ClN3O2. The van der Waals surface area contributed by atoms with Crippen LogP contribution in [0.1, 0.15) is 19.8 Å². The Morgan fingerprint density at radius 1 is 1.72 bits per heavy atom. The molecule has 0 bridgehead atoms. The summed E-state index contributed by atoms with van der Waals surface area (Å²) in [6, 6.07) is 0. The number of hydrogen-bond acceptors (Lipinski definition) is 4. The molecule has 0 amide bonds. The number of terminal acetylenes is 1. The molecule has 3 atom stereocenters. The Hall–Kier alpha value is -1.22. The molecule has 0 fully saturated rings. The summed E-state index contributed by atoms with van der Waals surface area (Å²) in [4.78, 5) is 2.99. The Bertz CT molecular complexity index is 328. The fourth-order valence-corrected chi connectivity index (χ4v) is 1.74. The second kappa shape index (κ2) is 8.81. The van der Waals surface area contributed by atoms with Crippen molar-refractivity contribution in [2.24, 2.45) is 5.16 Å². The van der Waals surface area contributed by atoms with Crippen molar-refractivity contribution in [2.45, 2.75) is 32.0 Å². The topological polar surface area (TPSA) is 49.5 Å². The third kappa shape index (κ3) is 4.57. The smallest absolute Gasteiger partial charge is 0.209 e. The molecule has 5 nitrogen and oxygen atoms in total. The van der Waals surface area contributed by atoms with E-state index in [1.165, 1.54) is 6.21 Å². The number of ether oxygens (including phenoxy) is 1. The lowest BCUT2D eigenvalue weighted by molar-refractivity contribution is -0.886. The maximum Gasteiger partial charge on any atom is 0.209 e. The van der Waals surface area contributed by atoms with E-state index in [2.05, 4.69) is 18.0 Å². The van der Waals surface area contributed by atoms with Crippen molar-refractivity contribution >= 4 is 6.21 Å². The van der Waals surface area contributed by atoms with E-state index in [0.717, 1.165) is 17.7 Å². The number of halogens is 1. The zero-order chi connectivity index (χ0) is 12.7. The zero-order valence-electron chi connectivity index (χ0n) is 10.7. The lowest BCUT2D eigenvalue weighted by Gasteiger charge is -2.22. The van der Waals surface area contributed by atoms with E-state index in [4.69, 9.17) is 16.4 Å². The number of rotatable bonds is 6. The summed E-state index contributed by atoms with van der Waals surface area (Å²) < 4.78 is 5.65. The fraction of sp³-hybridized carbons (Fsp3) is 0.583. The molecule has 102 valence electrons. The maximum atomic E-state index is 8.60. The van der Waals surface area contributed by atoms with E-state index in [0.29, 0.717) is 6.73 Å². The largest absolute Gasteiger partial charge is 1.00 e. The van der Waals surface area contributed by atoms with Crippen molar-refractivity contribution in [1.82, 2.24) is 4.90 Å². The molecule has 2 N–H and O–H groups in total. The maximum absolute atomic E-state index is 8.60. The van der Waals surface area contributed by atoms with Crippen LogP contribution in [-0.4, -0.2) is 42.4 Å². The molecule has 0 aliphatic carbocycles. The summed E-state index contributed by atoms with van der Waals surface area (Å²) >= 11 is 0. The third-order valence-electron chi connectivity index (χ3n) is 2.74. The van der Waals surface area contributed by atoms with Crippen LogP contribution in [0.4, 0.5) is 0 Å². The second-order valence-corrected chi connectivity index (χ2v) is 4.02. The van der Waals surface area contributed by atoms with Crippen molar-refractivity contribution in [3.63, 3.8) is 0 Å². The summed E-state index contributed by atoms with van der Waals surface area (Å²) in [6.45, 7) is 2.54. The van der Waals surface area contributed by atoms with Gasteiger partial charge >= 0.3 is 0 Å². The van der Waals surface area contributed by atoms with Gasteiger partial charge in [0.25, 0.3) is 0 Å². The first-order chi connectivity index (χ1) is 8.22. The molecule has 1 aliphatic rings. The van der Waals surface area contributed by atoms with Crippen LogP contribution in [0, 0.1) is 12.3 Å². The lowest BCUT2D eigenvalue weighted by Crippen LogP contribution is -3.12. The number of quaternary nitrogens is 1. The van der Waals surface area contributed by atoms with E-state index in [1.807, 2.05) is 24.3 Å². The summed E-state index contributed by atoms with van der Waals surface area (Å²) in [5.41, 5.74) is 0. The minimum atomic E-state index is -0.140. The number of hydrogen-bond donors (Lipinski definition) is 2. The molecule has 1 aliphatic heterocycles. The summed E-state index contributed by atoms with van der Waals surface area (Å²) in [5, 5.41) is 11.7. The van der Waals surface area contributed by atoms with Gasteiger partial charge in [-0.2, -0.15) is 0 Å². The summed E-state index contributed by atoms with van der Waals surface area (Å²) in [6.07, 6.45) is 12.4. The molecule has 1 heterocycles. The first-order valence-corrected chi connectivity index (χ1v) is 5.74. The highest BCUT2D eigenvalue weighted by molar-refractivity contribution is 5.61. The van der Waals surface area contributed by atoms with Gasteiger partial charge in [-0.25, -0.2) is 0 Å². The highest BCUT2D eigenvalue weighted by atomic mass is 35.5. The van der Waals surface area contributed by atoms with Crippen LogP contribution in [0.25, 0.3) is 0 Å². The lowest BCUT2D eigenvalue weighted by atomic mass is 10.2. The van der Waals surface area contributed by atoms with E-state index >= 15 is 0 Å². The molecule has 0 saturated carbocycles. The van der Waals surface area contributed by atoms with Gasteiger partial charge in [-0.1, -0.05) is 24.4 Å². The highest BCUT2D eigenvalue weighted by Crippen LogP contribution is 2.00. The summed E-state index contributed by atoms with van der Waals surface area (Å²) in [5.74, 6) is 2.63. The molecule has 0 spiro atoms. The number of nitrogens with zero attached hydrogens (tertiary/aromatic N) is 2. The van der Waals surface area contributed by atoms with Crippen LogP contribution >= 0.6 is 0 Å². The molecule has 6 heteroatoms.